The van der Waals surface area contributed by atoms with Gasteiger partial charge in [0.2, 0.25) is 17.7 Å². The molecule has 6 bridgehead atoms. The number of thiazole rings is 1. The van der Waals surface area contributed by atoms with Crippen LogP contribution in [0.25, 0.3) is 27.7 Å². The fourth-order valence-electron chi connectivity index (χ4n) is 9.86. The summed E-state index contributed by atoms with van der Waals surface area (Å²) in [6.45, 7) is 15.4. The van der Waals surface area contributed by atoms with Crippen LogP contribution in [-0.2, 0) is 53.4 Å². The first-order valence-corrected chi connectivity index (χ1v) is 23.4. The number of fused-ring (bicyclic) bond motifs is 8. The second kappa shape index (κ2) is 18.6. The van der Waals surface area contributed by atoms with E-state index < -0.39 is 30.3 Å². The molecule has 7 heterocycles. The monoisotopic (exact) mass is 897 g/mol. The molecule has 3 fully saturated rings. The van der Waals surface area contributed by atoms with Crippen molar-refractivity contribution >= 4 is 57.7 Å². The lowest BCUT2D eigenvalue weighted by Crippen LogP contribution is -2.62. The summed E-state index contributed by atoms with van der Waals surface area (Å²) in [5, 5.41) is 10.2. The highest BCUT2D eigenvalue weighted by Crippen LogP contribution is 2.42. The van der Waals surface area contributed by atoms with Gasteiger partial charge in [-0.25, -0.2) is 15.2 Å². The molecule has 16 nitrogen and oxygen atoms in total. The van der Waals surface area contributed by atoms with Gasteiger partial charge in [0.15, 0.2) is 0 Å². The van der Waals surface area contributed by atoms with Crippen LogP contribution < -0.4 is 10.7 Å². The van der Waals surface area contributed by atoms with Gasteiger partial charge in [0.05, 0.1) is 35.0 Å². The molecule has 8 rings (SSSR count). The largest absolute Gasteiger partial charge is 0.375 e. The van der Waals surface area contributed by atoms with Gasteiger partial charge in [-0.05, 0) is 80.6 Å². The smallest absolute Gasteiger partial charge is 0.260 e. The summed E-state index contributed by atoms with van der Waals surface area (Å²) in [6.07, 6.45) is 6.61. The number of carbonyl (C=O) groups is 4. The number of nitrogens with zero attached hydrogens (tertiary/aromatic N) is 7. The molecular formula is C47H63N9O7S. The average Bonchev–Trinajstić information content (AvgIpc) is 3.53. The van der Waals surface area contributed by atoms with Gasteiger partial charge in [0.25, 0.3) is 12.3 Å². The van der Waals surface area contributed by atoms with Gasteiger partial charge in [0.1, 0.15) is 18.2 Å². The van der Waals surface area contributed by atoms with E-state index >= 15 is 0 Å². The number of amides is 4. The molecule has 0 saturated carbocycles. The summed E-state index contributed by atoms with van der Waals surface area (Å²) in [4.78, 5) is 74.3. The molecule has 7 atom stereocenters. The topological polar surface area (TPSA) is 166 Å². The van der Waals surface area contributed by atoms with Crippen molar-refractivity contribution in [3.05, 3.63) is 58.2 Å². The molecule has 0 spiro atoms. The molecule has 2 aromatic heterocycles. The lowest BCUT2D eigenvalue weighted by atomic mass is 9.83. The number of aryl methyl sites for hydroxylation is 1. The molecule has 2 N–H and O–H groups in total. The Labute approximate surface area is 379 Å². The van der Waals surface area contributed by atoms with Crippen molar-refractivity contribution in [1.82, 2.24) is 40.2 Å². The van der Waals surface area contributed by atoms with Crippen molar-refractivity contribution < 1.29 is 33.5 Å². The van der Waals surface area contributed by atoms with E-state index in [1.54, 1.807) is 29.1 Å². The first-order chi connectivity index (χ1) is 30.6. The zero-order valence-electron chi connectivity index (χ0n) is 38.4. The maximum atomic E-state index is 14.7. The number of benzene rings is 1. The van der Waals surface area contributed by atoms with E-state index in [1.165, 1.54) is 33.4 Å². The Hall–Kier alpha value is -4.78. The number of hydrogen-bond donors (Lipinski definition) is 2. The van der Waals surface area contributed by atoms with E-state index in [0.29, 0.717) is 37.5 Å². The number of hydrazine groups is 1. The second-order valence-corrected chi connectivity index (χ2v) is 19.9. The van der Waals surface area contributed by atoms with E-state index in [-0.39, 0.29) is 54.3 Å². The molecule has 0 aliphatic carbocycles. The number of likely N-dealkylation sites (N-methyl/N-ethyl adjacent to an activating group) is 1. The highest BCUT2D eigenvalue weighted by molar-refractivity contribution is 7.10. The molecule has 1 aromatic carbocycles. The third-order valence-corrected chi connectivity index (χ3v) is 14.2. The number of ether oxygens (including phenoxy) is 2. The number of rotatable bonds is 9. The zero-order chi connectivity index (χ0) is 45.6. The summed E-state index contributed by atoms with van der Waals surface area (Å²) in [5.74, 6) is -1.91. The first kappa shape index (κ1) is 45.8. The van der Waals surface area contributed by atoms with Crippen LogP contribution >= 0.6 is 11.3 Å². The number of likely N-dealkylation sites (tertiary alicyclic amines) is 1. The van der Waals surface area contributed by atoms with Crippen molar-refractivity contribution in [3.8, 4) is 11.3 Å². The van der Waals surface area contributed by atoms with E-state index in [1.807, 2.05) is 32.4 Å². The third kappa shape index (κ3) is 9.20. The van der Waals surface area contributed by atoms with Crippen LogP contribution in [0.3, 0.4) is 0 Å². The minimum atomic E-state index is -0.999. The van der Waals surface area contributed by atoms with E-state index in [9.17, 15) is 19.2 Å². The lowest BCUT2D eigenvalue weighted by Gasteiger charge is -2.37. The molecule has 3 aromatic rings. The first-order valence-electron chi connectivity index (χ1n) is 22.6. The Morgan fingerprint density at radius 3 is 2.72 bits per heavy atom. The summed E-state index contributed by atoms with van der Waals surface area (Å²) in [7, 11) is 5.47. The maximum Gasteiger partial charge on any atom is 0.260 e. The summed E-state index contributed by atoms with van der Waals surface area (Å²) >= 11 is 1.45. The van der Waals surface area contributed by atoms with Gasteiger partial charge in [-0.15, -0.1) is 16.4 Å². The van der Waals surface area contributed by atoms with Crippen molar-refractivity contribution in [1.29, 1.82) is 0 Å². The van der Waals surface area contributed by atoms with Gasteiger partial charge in [-0.3, -0.25) is 29.2 Å². The van der Waals surface area contributed by atoms with Crippen LogP contribution in [0, 0.1) is 17.3 Å². The van der Waals surface area contributed by atoms with Crippen LogP contribution in [0.5, 0.6) is 0 Å². The van der Waals surface area contributed by atoms with Crippen LogP contribution in [0.4, 0.5) is 0 Å². The van der Waals surface area contributed by atoms with E-state index in [4.69, 9.17) is 24.3 Å². The fraction of sp³-hybridized carbons (Fsp3) is 0.574. The SMILES string of the molecule is C=CC(=O)N1CC[C@H](C(=O)N(C)[C@H](C(=O)N[C@H]2Cc3nc(cs3)-c3ccc4c(c3)c(c(C3=C([C@H](C)OC)N=CCC3)n4C)CC(C)(C)COC3ON3[C@@H]3CCCN(N3)C2=O)C(C)C)C1. The van der Waals surface area contributed by atoms with Crippen molar-refractivity contribution in [2.75, 3.05) is 40.4 Å². The molecule has 4 amide bonds. The number of nitrogens with one attached hydrogen (secondary N) is 2. The summed E-state index contributed by atoms with van der Waals surface area (Å²) in [6, 6.07) is 4.60. The average molecular weight is 898 g/mol. The third-order valence-electron chi connectivity index (χ3n) is 13.3. The molecule has 2 unspecified atom stereocenters. The van der Waals surface area contributed by atoms with E-state index in [0.717, 1.165) is 59.2 Å². The summed E-state index contributed by atoms with van der Waals surface area (Å²) < 4.78 is 14.6. The highest BCUT2D eigenvalue weighted by atomic mass is 32.1. The van der Waals surface area contributed by atoms with Crippen LogP contribution in [-0.4, -0.2) is 130 Å². The van der Waals surface area contributed by atoms with Gasteiger partial charge in [-0.2, -0.15) is 0 Å². The number of carbonyl (C=O) groups excluding carboxylic acids is 4. The van der Waals surface area contributed by atoms with Crippen LogP contribution in [0.1, 0.15) is 83.0 Å². The fourth-order valence-corrected chi connectivity index (χ4v) is 10.7. The second-order valence-electron chi connectivity index (χ2n) is 18.9. The standard InChI is InChI=1S/C47H63N9O7S/c1-10-39(57)54-20-17-30(24-54)44(59)53(8)41(27(2)3)43(58)50-34-22-38-49-35(25-64-38)29-15-16-36-32(21-29)33(42(52(36)7)31-13-11-18-48-40(31)28(4)61-9)23-47(5,6)26-62-46-56(63-46)37-14-12-19-55(51-37)45(34)60/h10,15-16,18,21,25,27-28,30,34,37,41,46,51H,1,11-14,17,19-20,22-24,26H2,2-9H3,(H,50,58)/t28-,30-,34-,37+,41-,46?,56?/m0/s1. The van der Waals surface area contributed by atoms with Gasteiger partial charge in [0, 0.05) is 86.6 Å². The predicted molar refractivity (Wildman–Crippen MR) is 245 cm³/mol. The molecule has 344 valence electrons. The number of aromatic nitrogens is 2. The molecule has 0 radical (unpaired) electrons. The van der Waals surface area contributed by atoms with Gasteiger partial charge < -0.3 is 29.2 Å². The van der Waals surface area contributed by atoms with Gasteiger partial charge in [-0.1, -0.05) is 40.3 Å². The van der Waals surface area contributed by atoms with Crippen LogP contribution in [0.2, 0.25) is 0 Å². The number of methoxy groups -OCH3 is 1. The number of allylic oxidation sites excluding steroid dienone is 1. The number of aliphatic imine (C=N–C) groups is 1. The quantitative estimate of drug-likeness (QED) is 0.220. The van der Waals surface area contributed by atoms with Crippen molar-refractivity contribution in [2.45, 2.75) is 110 Å². The minimum Gasteiger partial charge on any atom is -0.375 e. The predicted octanol–water partition coefficient (Wildman–Crippen LogP) is 5.04. The Morgan fingerprint density at radius 2 is 1.97 bits per heavy atom. The zero-order valence-corrected chi connectivity index (χ0v) is 39.2. The van der Waals surface area contributed by atoms with E-state index in [2.05, 4.69) is 61.0 Å². The van der Waals surface area contributed by atoms with Gasteiger partial charge >= 0.3 is 0 Å². The Balaban J connectivity index is 1.14. The summed E-state index contributed by atoms with van der Waals surface area (Å²) in [5.41, 5.74) is 10.3. The van der Waals surface area contributed by atoms with Crippen molar-refractivity contribution in [3.63, 3.8) is 0 Å². The Bertz CT molecular complexity index is 2370. The number of hydroxylamine groups is 2. The van der Waals surface area contributed by atoms with Crippen LogP contribution in [0.15, 0.2) is 46.9 Å². The van der Waals surface area contributed by atoms with Crippen molar-refractivity contribution in [2.24, 2.45) is 29.3 Å². The molecule has 5 aliphatic heterocycles. The molecule has 64 heavy (non-hydrogen) atoms. The highest BCUT2D eigenvalue weighted by Gasteiger charge is 2.47. The molecule has 5 aliphatic rings. The minimum absolute atomic E-state index is 0.139. The normalized spacial score (nSPS) is 25.7. The lowest BCUT2D eigenvalue weighted by molar-refractivity contribution is -0.147. The molecule has 17 heteroatoms. The number of hydrogen-bond acceptors (Lipinski definition) is 12. The maximum absolute atomic E-state index is 14.7. The molecule has 3 saturated heterocycles. The molecular weight excluding hydrogens is 835 g/mol. The Morgan fingerprint density at radius 1 is 1.17 bits per heavy atom. The Kier molecular flexibility index (Phi) is 13.3.